The van der Waals surface area contributed by atoms with Crippen molar-refractivity contribution in [3.8, 4) is 0 Å². The highest BCUT2D eigenvalue weighted by atomic mass is 79.9. The van der Waals surface area contributed by atoms with Gasteiger partial charge in [-0.2, -0.15) is 0 Å². The fourth-order valence-corrected chi connectivity index (χ4v) is 5.29. The van der Waals surface area contributed by atoms with Crippen LogP contribution in [0.25, 0.3) is 0 Å². The molecule has 2 fully saturated rings. The molecule has 1 saturated heterocycles. The first-order valence-electron chi connectivity index (χ1n) is 10.4. The molecule has 154 valence electrons. The van der Waals surface area contributed by atoms with Crippen LogP contribution in [-0.2, 0) is 9.53 Å². The predicted octanol–water partition coefficient (Wildman–Crippen LogP) is 5.15. The zero-order valence-electron chi connectivity index (χ0n) is 17.4. The highest BCUT2D eigenvalue weighted by molar-refractivity contribution is 9.10. The molecule has 6 heteroatoms. The minimum Gasteiger partial charge on any atom is -0.457 e. The highest BCUT2D eigenvalue weighted by Gasteiger charge is 2.38. The van der Waals surface area contributed by atoms with Crippen LogP contribution in [0.1, 0.15) is 80.5 Å². The summed E-state index contributed by atoms with van der Waals surface area (Å²) in [4.78, 5) is 32.1. The van der Waals surface area contributed by atoms with Crippen molar-refractivity contribution < 1.29 is 14.3 Å². The topological polar surface area (TPSA) is 59.5 Å². The maximum atomic E-state index is 13.0. The Morgan fingerprint density at radius 3 is 2.21 bits per heavy atom. The van der Waals surface area contributed by atoms with Crippen molar-refractivity contribution in [1.29, 1.82) is 0 Å². The standard InChI is InChI=1S/C22H31BrN2O3/c1-14(2)28-21(27)20(26)17-15(3)24-16(4)18(23)19(17)25-12-10-22(11-13-25)8-6-5-7-9-22/h14H,5-13H2,1-4H3. The van der Waals surface area contributed by atoms with Gasteiger partial charge in [-0.05, 0) is 74.7 Å². The molecular weight excluding hydrogens is 420 g/mol. The normalized spacial score (nSPS) is 19.1. The first kappa shape index (κ1) is 21.3. The largest absolute Gasteiger partial charge is 0.457 e. The minimum absolute atomic E-state index is 0.330. The summed E-state index contributed by atoms with van der Waals surface area (Å²) in [6.45, 7) is 9.02. The Hall–Kier alpha value is -1.43. The van der Waals surface area contributed by atoms with E-state index < -0.39 is 11.8 Å². The molecule has 0 radical (unpaired) electrons. The number of ether oxygens (including phenoxy) is 1. The van der Waals surface area contributed by atoms with Crippen molar-refractivity contribution in [1.82, 2.24) is 4.98 Å². The zero-order chi connectivity index (χ0) is 20.5. The lowest BCUT2D eigenvalue weighted by Gasteiger charge is -2.45. The molecule has 3 rings (SSSR count). The molecule has 5 nitrogen and oxygen atoms in total. The molecule has 0 unspecified atom stereocenters. The van der Waals surface area contributed by atoms with Crippen molar-refractivity contribution in [2.75, 3.05) is 18.0 Å². The number of esters is 1. The van der Waals surface area contributed by atoms with E-state index in [9.17, 15) is 9.59 Å². The number of carbonyl (C=O) groups excluding carboxylic acids is 2. The fraction of sp³-hybridized carbons (Fsp3) is 0.682. The maximum absolute atomic E-state index is 13.0. The minimum atomic E-state index is -0.808. The Morgan fingerprint density at radius 2 is 1.64 bits per heavy atom. The van der Waals surface area contributed by atoms with E-state index in [1.165, 1.54) is 32.1 Å². The van der Waals surface area contributed by atoms with Crippen LogP contribution < -0.4 is 4.90 Å². The number of hydrogen-bond donors (Lipinski definition) is 0. The summed E-state index contributed by atoms with van der Waals surface area (Å²) in [6.07, 6.45) is 8.63. The molecule has 0 N–H and O–H groups in total. The van der Waals surface area contributed by atoms with E-state index in [0.29, 0.717) is 16.7 Å². The quantitative estimate of drug-likeness (QED) is 0.360. The lowest BCUT2D eigenvalue weighted by Crippen LogP contribution is -2.42. The van der Waals surface area contributed by atoms with E-state index >= 15 is 0 Å². The van der Waals surface area contributed by atoms with E-state index in [-0.39, 0.29) is 6.10 Å². The molecule has 1 spiro atoms. The van der Waals surface area contributed by atoms with Crippen molar-refractivity contribution in [3.63, 3.8) is 0 Å². The lowest BCUT2D eigenvalue weighted by molar-refractivity contribution is -0.141. The molecular formula is C22H31BrN2O3. The van der Waals surface area contributed by atoms with E-state index in [4.69, 9.17) is 4.74 Å². The molecule has 0 amide bonds. The molecule has 2 aliphatic rings. The SMILES string of the molecule is Cc1nc(C)c(C(=O)C(=O)OC(C)C)c(N2CCC3(CCCCC3)CC2)c1Br. The van der Waals surface area contributed by atoms with Crippen LogP contribution in [0, 0.1) is 19.3 Å². The summed E-state index contributed by atoms with van der Waals surface area (Å²) >= 11 is 3.65. The van der Waals surface area contributed by atoms with E-state index in [1.807, 2.05) is 6.92 Å². The van der Waals surface area contributed by atoms with E-state index in [2.05, 4.69) is 25.8 Å². The Kier molecular flexibility index (Phi) is 6.47. The molecule has 0 aromatic carbocycles. The van der Waals surface area contributed by atoms with Crippen molar-refractivity contribution in [2.45, 2.75) is 78.7 Å². The van der Waals surface area contributed by atoms with Crippen LogP contribution in [-0.4, -0.2) is 35.9 Å². The van der Waals surface area contributed by atoms with Crippen LogP contribution in [0.4, 0.5) is 5.69 Å². The van der Waals surface area contributed by atoms with Gasteiger partial charge in [-0.1, -0.05) is 19.3 Å². The van der Waals surface area contributed by atoms with Crippen LogP contribution in [0.3, 0.4) is 0 Å². The molecule has 2 heterocycles. The molecule has 0 atom stereocenters. The Morgan fingerprint density at radius 1 is 1.04 bits per heavy atom. The number of aromatic nitrogens is 1. The number of carbonyl (C=O) groups is 2. The number of aryl methyl sites for hydroxylation is 2. The summed E-state index contributed by atoms with van der Waals surface area (Å²) < 4.78 is 5.98. The van der Waals surface area contributed by atoms with Crippen LogP contribution >= 0.6 is 15.9 Å². The van der Waals surface area contributed by atoms with Gasteiger partial charge in [0.2, 0.25) is 0 Å². The number of Topliss-reactive ketones (excluding diaryl/α,β-unsaturated/α-hetero) is 1. The molecule has 1 aromatic heterocycles. The second-order valence-corrected chi connectivity index (χ2v) is 9.44. The molecule has 28 heavy (non-hydrogen) atoms. The van der Waals surface area contributed by atoms with Crippen molar-refractivity contribution in [3.05, 3.63) is 21.4 Å². The number of piperidine rings is 1. The second-order valence-electron chi connectivity index (χ2n) is 8.65. The van der Waals surface area contributed by atoms with Crippen LogP contribution in [0.15, 0.2) is 4.47 Å². The van der Waals surface area contributed by atoms with Gasteiger partial charge in [0.1, 0.15) is 0 Å². The average molecular weight is 451 g/mol. The average Bonchev–Trinajstić information content (AvgIpc) is 2.65. The smallest absolute Gasteiger partial charge is 0.380 e. The van der Waals surface area contributed by atoms with Crippen LogP contribution in [0.5, 0.6) is 0 Å². The molecule has 1 saturated carbocycles. The van der Waals surface area contributed by atoms with E-state index in [0.717, 1.165) is 41.8 Å². The highest BCUT2D eigenvalue weighted by Crippen LogP contribution is 2.46. The fourth-order valence-electron chi connectivity index (χ4n) is 4.75. The van der Waals surface area contributed by atoms with Crippen LogP contribution in [0.2, 0.25) is 0 Å². The monoisotopic (exact) mass is 450 g/mol. The summed E-state index contributed by atoms with van der Waals surface area (Å²) in [5, 5.41) is 0. The first-order valence-corrected chi connectivity index (χ1v) is 11.2. The summed E-state index contributed by atoms with van der Waals surface area (Å²) in [5.74, 6) is -1.41. The number of halogens is 1. The third-order valence-corrected chi connectivity index (χ3v) is 7.22. The number of ketones is 1. The van der Waals surface area contributed by atoms with Gasteiger partial charge in [0.25, 0.3) is 5.78 Å². The molecule has 1 aliphatic heterocycles. The Bertz CT molecular complexity index is 760. The number of rotatable bonds is 4. The zero-order valence-corrected chi connectivity index (χ0v) is 19.0. The summed E-state index contributed by atoms with van der Waals surface area (Å²) in [5.41, 5.74) is 3.07. The molecule has 1 aromatic rings. The number of pyridine rings is 1. The first-order chi connectivity index (χ1) is 13.2. The van der Waals surface area contributed by atoms with Gasteiger partial charge in [-0.3, -0.25) is 9.78 Å². The number of hydrogen-bond acceptors (Lipinski definition) is 5. The lowest BCUT2D eigenvalue weighted by atomic mass is 9.68. The second kappa shape index (κ2) is 8.52. The summed E-state index contributed by atoms with van der Waals surface area (Å²) in [7, 11) is 0. The Labute approximate surface area is 176 Å². The molecule has 1 aliphatic carbocycles. The maximum Gasteiger partial charge on any atom is 0.380 e. The number of anilines is 1. The van der Waals surface area contributed by atoms with Gasteiger partial charge in [-0.25, -0.2) is 4.79 Å². The van der Waals surface area contributed by atoms with Crippen molar-refractivity contribution >= 4 is 33.4 Å². The van der Waals surface area contributed by atoms with Gasteiger partial charge < -0.3 is 9.64 Å². The van der Waals surface area contributed by atoms with Crippen molar-refractivity contribution in [2.24, 2.45) is 5.41 Å². The third kappa shape index (κ3) is 4.27. The molecule has 0 bridgehead atoms. The van der Waals surface area contributed by atoms with Gasteiger partial charge in [-0.15, -0.1) is 0 Å². The number of nitrogens with zero attached hydrogens (tertiary/aromatic N) is 2. The Balaban J connectivity index is 1.92. The van der Waals surface area contributed by atoms with Gasteiger partial charge in [0.05, 0.1) is 33.2 Å². The van der Waals surface area contributed by atoms with Gasteiger partial charge >= 0.3 is 5.97 Å². The van der Waals surface area contributed by atoms with E-state index in [1.54, 1.807) is 20.8 Å². The third-order valence-electron chi connectivity index (χ3n) is 6.27. The summed E-state index contributed by atoms with van der Waals surface area (Å²) in [6, 6.07) is 0. The van der Waals surface area contributed by atoms with Gasteiger partial charge in [0.15, 0.2) is 0 Å². The predicted molar refractivity (Wildman–Crippen MR) is 114 cm³/mol. The van der Waals surface area contributed by atoms with Gasteiger partial charge in [0, 0.05) is 13.1 Å².